The van der Waals surface area contributed by atoms with E-state index in [0.29, 0.717) is 12.1 Å². The molecule has 0 amide bonds. The Morgan fingerprint density at radius 1 is 1.64 bits per heavy atom. The Morgan fingerprint density at radius 3 is 2.86 bits per heavy atom. The van der Waals surface area contributed by atoms with Gasteiger partial charge in [0.15, 0.2) is 0 Å². The standard InChI is InChI=1S/C11H17N3/c1-5-6-9(2)13-10(3)11-7-12-14(4)8-11/h1,7-10,13H,6H2,2-4H3. The van der Waals surface area contributed by atoms with Crippen molar-refractivity contribution in [2.24, 2.45) is 7.05 Å². The number of hydrogen-bond acceptors (Lipinski definition) is 2. The van der Waals surface area contributed by atoms with E-state index in [1.165, 1.54) is 5.56 Å². The molecule has 1 heterocycles. The van der Waals surface area contributed by atoms with Gasteiger partial charge in [-0.05, 0) is 13.8 Å². The van der Waals surface area contributed by atoms with Gasteiger partial charge in [0, 0.05) is 37.3 Å². The van der Waals surface area contributed by atoms with Crippen molar-refractivity contribution in [2.75, 3.05) is 0 Å². The maximum absolute atomic E-state index is 5.24. The number of rotatable bonds is 4. The molecule has 0 radical (unpaired) electrons. The molecule has 1 rings (SSSR count). The third-order valence-corrected chi connectivity index (χ3v) is 2.18. The number of hydrogen-bond donors (Lipinski definition) is 1. The van der Waals surface area contributed by atoms with Crippen LogP contribution in [-0.4, -0.2) is 15.8 Å². The van der Waals surface area contributed by atoms with Crippen LogP contribution >= 0.6 is 0 Å². The van der Waals surface area contributed by atoms with E-state index in [1.807, 2.05) is 19.4 Å². The Hall–Kier alpha value is -1.27. The average Bonchev–Trinajstić information content (AvgIpc) is 2.52. The van der Waals surface area contributed by atoms with Crippen LogP contribution in [0.5, 0.6) is 0 Å². The van der Waals surface area contributed by atoms with Crippen LogP contribution in [0.4, 0.5) is 0 Å². The first kappa shape index (κ1) is 10.8. The van der Waals surface area contributed by atoms with Gasteiger partial charge in [-0.15, -0.1) is 12.3 Å². The van der Waals surface area contributed by atoms with Crippen LogP contribution < -0.4 is 5.32 Å². The SMILES string of the molecule is C#CCC(C)NC(C)c1cnn(C)c1. The molecule has 1 N–H and O–H groups in total. The second kappa shape index (κ2) is 4.83. The third-order valence-electron chi connectivity index (χ3n) is 2.18. The van der Waals surface area contributed by atoms with Gasteiger partial charge in [0.1, 0.15) is 0 Å². The first-order valence-electron chi connectivity index (χ1n) is 4.81. The van der Waals surface area contributed by atoms with Gasteiger partial charge < -0.3 is 5.32 Å². The largest absolute Gasteiger partial charge is 0.307 e. The Kier molecular flexibility index (Phi) is 3.73. The second-order valence-corrected chi connectivity index (χ2v) is 3.64. The summed E-state index contributed by atoms with van der Waals surface area (Å²) < 4.78 is 1.80. The van der Waals surface area contributed by atoms with E-state index in [-0.39, 0.29) is 0 Å². The van der Waals surface area contributed by atoms with Crippen molar-refractivity contribution in [2.45, 2.75) is 32.4 Å². The minimum Gasteiger partial charge on any atom is -0.307 e. The zero-order valence-electron chi connectivity index (χ0n) is 8.99. The van der Waals surface area contributed by atoms with Crippen LogP contribution in [0.2, 0.25) is 0 Å². The van der Waals surface area contributed by atoms with E-state index in [9.17, 15) is 0 Å². The molecule has 3 heteroatoms. The molecular weight excluding hydrogens is 174 g/mol. The summed E-state index contributed by atoms with van der Waals surface area (Å²) >= 11 is 0. The molecule has 0 spiro atoms. The number of nitrogens with zero attached hydrogens (tertiary/aromatic N) is 2. The molecule has 0 fully saturated rings. The molecule has 76 valence electrons. The summed E-state index contributed by atoms with van der Waals surface area (Å²) in [6, 6.07) is 0.641. The molecule has 0 saturated heterocycles. The van der Waals surface area contributed by atoms with Gasteiger partial charge in [-0.25, -0.2) is 0 Å². The van der Waals surface area contributed by atoms with E-state index in [2.05, 4.69) is 30.2 Å². The lowest BCUT2D eigenvalue weighted by Gasteiger charge is -2.16. The lowest BCUT2D eigenvalue weighted by atomic mass is 10.1. The number of terminal acetylenes is 1. The van der Waals surface area contributed by atoms with Crippen molar-refractivity contribution >= 4 is 0 Å². The Bertz CT molecular complexity index is 322. The highest BCUT2D eigenvalue weighted by Crippen LogP contribution is 2.11. The fraction of sp³-hybridized carbons (Fsp3) is 0.545. The Labute approximate surface area is 85.5 Å². The van der Waals surface area contributed by atoms with Crippen molar-refractivity contribution in [3.05, 3.63) is 18.0 Å². The molecule has 0 bridgehead atoms. The highest BCUT2D eigenvalue weighted by Gasteiger charge is 2.09. The molecule has 0 saturated carbocycles. The summed E-state index contributed by atoms with van der Waals surface area (Å²) in [6.45, 7) is 4.21. The van der Waals surface area contributed by atoms with Crippen molar-refractivity contribution in [1.29, 1.82) is 0 Å². The van der Waals surface area contributed by atoms with Crippen molar-refractivity contribution in [3.8, 4) is 12.3 Å². The summed E-state index contributed by atoms with van der Waals surface area (Å²) in [7, 11) is 1.92. The number of aromatic nitrogens is 2. The molecule has 0 aliphatic heterocycles. The highest BCUT2D eigenvalue weighted by atomic mass is 15.2. The third kappa shape index (κ3) is 2.90. The zero-order chi connectivity index (χ0) is 10.6. The quantitative estimate of drug-likeness (QED) is 0.731. The summed E-state index contributed by atoms with van der Waals surface area (Å²) in [5.74, 6) is 2.65. The van der Waals surface area contributed by atoms with Crippen LogP contribution in [0.3, 0.4) is 0 Å². The van der Waals surface area contributed by atoms with Gasteiger partial charge in [0.05, 0.1) is 6.20 Å². The second-order valence-electron chi connectivity index (χ2n) is 3.64. The maximum Gasteiger partial charge on any atom is 0.0537 e. The van der Waals surface area contributed by atoms with E-state index >= 15 is 0 Å². The number of aryl methyl sites for hydroxylation is 1. The molecule has 2 unspecified atom stereocenters. The molecule has 0 aliphatic rings. The number of nitrogens with one attached hydrogen (secondary N) is 1. The lowest BCUT2D eigenvalue weighted by Crippen LogP contribution is -2.28. The topological polar surface area (TPSA) is 29.9 Å². The predicted octanol–water partition coefficient (Wildman–Crippen LogP) is 1.48. The van der Waals surface area contributed by atoms with Crippen molar-refractivity contribution < 1.29 is 0 Å². The molecule has 0 aliphatic carbocycles. The summed E-state index contributed by atoms with van der Waals surface area (Å²) in [5.41, 5.74) is 1.19. The summed E-state index contributed by atoms with van der Waals surface area (Å²) in [6.07, 6.45) is 9.89. The Balaban J connectivity index is 2.50. The van der Waals surface area contributed by atoms with Gasteiger partial charge >= 0.3 is 0 Å². The smallest absolute Gasteiger partial charge is 0.0537 e. The molecule has 1 aromatic heterocycles. The van der Waals surface area contributed by atoms with Gasteiger partial charge in [-0.2, -0.15) is 5.10 Å². The van der Waals surface area contributed by atoms with E-state index < -0.39 is 0 Å². The first-order chi connectivity index (χ1) is 6.63. The molecule has 14 heavy (non-hydrogen) atoms. The monoisotopic (exact) mass is 191 g/mol. The fourth-order valence-corrected chi connectivity index (χ4v) is 1.42. The van der Waals surface area contributed by atoms with E-state index in [1.54, 1.807) is 4.68 Å². The molecular formula is C11H17N3. The van der Waals surface area contributed by atoms with Crippen LogP contribution in [0, 0.1) is 12.3 Å². The summed E-state index contributed by atoms with van der Waals surface area (Å²) in [4.78, 5) is 0. The molecule has 1 aromatic rings. The fourth-order valence-electron chi connectivity index (χ4n) is 1.42. The highest BCUT2D eigenvalue weighted by molar-refractivity contribution is 5.09. The van der Waals surface area contributed by atoms with Crippen LogP contribution in [0.25, 0.3) is 0 Å². The average molecular weight is 191 g/mol. The first-order valence-corrected chi connectivity index (χ1v) is 4.81. The Morgan fingerprint density at radius 2 is 2.36 bits per heavy atom. The van der Waals surface area contributed by atoms with E-state index in [0.717, 1.165) is 6.42 Å². The molecule has 3 nitrogen and oxygen atoms in total. The minimum absolute atomic E-state index is 0.298. The van der Waals surface area contributed by atoms with Crippen LogP contribution in [-0.2, 0) is 7.05 Å². The maximum atomic E-state index is 5.24. The van der Waals surface area contributed by atoms with Crippen molar-refractivity contribution in [1.82, 2.24) is 15.1 Å². The van der Waals surface area contributed by atoms with Gasteiger partial charge in [0.25, 0.3) is 0 Å². The van der Waals surface area contributed by atoms with Gasteiger partial charge in [0.2, 0.25) is 0 Å². The minimum atomic E-state index is 0.298. The van der Waals surface area contributed by atoms with Crippen LogP contribution in [0.15, 0.2) is 12.4 Å². The van der Waals surface area contributed by atoms with Gasteiger partial charge in [-0.3, -0.25) is 4.68 Å². The normalized spacial score (nSPS) is 14.7. The molecule has 0 aromatic carbocycles. The molecule has 2 atom stereocenters. The van der Waals surface area contributed by atoms with Crippen LogP contribution in [0.1, 0.15) is 31.9 Å². The van der Waals surface area contributed by atoms with Crippen molar-refractivity contribution in [3.63, 3.8) is 0 Å². The predicted molar refractivity (Wildman–Crippen MR) is 57.7 cm³/mol. The lowest BCUT2D eigenvalue weighted by molar-refractivity contribution is 0.486. The summed E-state index contributed by atoms with van der Waals surface area (Å²) in [5, 5.41) is 7.54. The zero-order valence-corrected chi connectivity index (χ0v) is 8.99. The van der Waals surface area contributed by atoms with E-state index in [4.69, 9.17) is 6.42 Å². The van der Waals surface area contributed by atoms with Gasteiger partial charge in [-0.1, -0.05) is 0 Å².